The van der Waals surface area contributed by atoms with Gasteiger partial charge in [0.2, 0.25) is 5.75 Å². The Labute approximate surface area is 178 Å². The molecule has 1 unspecified atom stereocenters. The van der Waals surface area contributed by atoms with Crippen LogP contribution in [0.25, 0.3) is 0 Å². The molecule has 3 rings (SSSR count). The summed E-state index contributed by atoms with van der Waals surface area (Å²) in [6.07, 6.45) is 1.63. The summed E-state index contributed by atoms with van der Waals surface area (Å²) in [5.74, 6) is 1.78. The zero-order valence-electron chi connectivity index (χ0n) is 18.9. The summed E-state index contributed by atoms with van der Waals surface area (Å²) in [6, 6.07) is 4.06. The van der Waals surface area contributed by atoms with Gasteiger partial charge in [0.1, 0.15) is 5.60 Å². The second-order valence-corrected chi connectivity index (χ2v) is 8.90. The minimum atomic E-state index is -0.503. The van der Waals surface area contributed by atoms with Gasteiger partial charge in [-0.1, -0.05) is 0 Å². The smallest absolute Gasteiger partial charge is 0.410 e. The topological polar surface area (TPSA) is 78.5 Å². The summed E-state index contributed by atoms with van der Waals surface area (Å²) in [5.41, 5.74) is 0.142. The van der Waals surface area contributed by atoms with E-state index in [0.29, 0.717) is 43.6 Å². The SMILES string of the molecule is COc1cc(C2(NC3CCCN(C(=O)OC(C)(C)C)C3)COC2)cc(OC)c1OC. The van der Waals surface area contributed by atoms with Crippen molar-refractivity contribution in [2.75, 3.05) is 47.6 Å². The highest BCUT2D eigenvalue weighted by Gasteiger charge is 2.44. The molecule has 2 aliphatic rings. The van der Waals surface area contributed by atoms with Gasteiger partial charge in [-0.15, -0.1) is 0 Å². The Morgan fingerprint density at radius 1 is 1.13 bits per heavy atom. The summed E-state index contributed by atoms with van der Waals surface area (Å²) in [4.78, 5) is 14.3. The predicted octanol–water partition coefficient (Wildman–Crippen LogP) is 2.93. The van der Waals surface area contributed by atoms with E-state index in [1.807, 2.05) is 32.9 Å². The van der Waals surface area contributed by atoms with E-state index in [2.05, 4.69) is 5.32 Å². The van der Waals surface area contributed by atoms with Crippen LogP contribution >= 0.6 is 0 Å². The van der Waals surface area contributed by atoms with Crippen molar-refractivity contribution in [3.63, 3.8) is 0 Å². The Kier molecular flexibility index (Phi) is 6.67. The fourth-order valence-corrected chi connectivity index (χ4v) is 3.97. The molecule has 2 aliphatic heterocycles. The maximum Gasteiger partial charge on any atom is 0.410 e. The minimum absolute atomic E-state index is 0.134. The number of rotatable bonds is 6. The number of nitrogens with zero attached hydrogens (tertiary/aromatic N) is 1. The zero-order valence-corrected chi connectivity index (χ0v) is 18.9. The van der Waals surface area contributed by atoms with E-state index in [0.717, 1.165) is 18.4 Å². The number of amides is 1. The van der Waals surface area contributed by atoms with E-state index in [9.17, 15) is 4.79 Å². The molecule has 2 heterocycles. The highest BCUT2D eigenvalue weighted by Crippen LogP contribution is 2.43. The lowest BCUT2D eigenvalue weighted by Gasteiger charge is -2.47. The fraction of sp³-hybridized carbons (Fsp3) is 0.682. The monoisotopic (exact) mass is 422 g/mol. The van der Waals surface area contributed by atoms with Crippen LogP contribution in [-0.2, 0) is 15.0 Å². The van der Waals surface area contributed by atoms with E-state index >= 15 is 0 Å². The van der Waals surface area contributed by atoms with Crippen molar-refractivity contribution in [2.45, 2.75) is 50.8 Å². The molecule has 0 radical (unpaired) electrons. The van der Waals surface area contributed by atoms with Crippen LogP contribution in [0.2, 0.25) is 0 Å². The first-order chi connectivity index (χ1) is 14.2. The zero-order chi connectivity index (χ0) is 21.9. The molecule has 0 saturated carbocycles. The van der Waals surface area contributed by atoms with Crippen LogP contribution in [0.1, 0.15) is 39.2 Å². The molecule has 1 amide bonds. The third kappa shape index (κ3) is 4.75. The number of hydrogen-bond donors (Lipinski definition) is 1. The van der Waals surface area contributed by atoms with Crippen molar-refractivity contribution in [3.8, 4) is 17.2 Å². The summed E-state index contributed by atoms with van der Waals surface area (Å²) >= 11 is 0. The van der Waals surface area contributed by atoms with Crippen molar-refractivity contribution in [1.29, 1.82) is 0 Å². The summed E-state index contributed by atoms with van der Waals surface area (Å²) in [5, 5.41) is 3.75. The molecule has 0 aliphatic carbocycles. The molecule has 8 heteroatoms. The minimum Gasteiger partial charge on any atom is -0.493 e. The van der Waals surface area contributed by atoms with Gasteiger partial charge in [-0.05, 0) is 51.3 Å². The molecule has 1 aromatic carbocycles. The number of piperidine rings is 1. The van der Waals surface area contributed by atoms with Gasteiger partial charge in [-0.2, -0.15) is 0 Å². The van der Waals surface area contributed by atoms with Gasteiger partial charge < -0.3 is 28.6 Å². The molecule has 1 aromatic rings. The first-order valence-electron chi connectivity index (χ1n) is 10.3. The van der Waals surface area contributed by atoms with Gasteiger partial charge >= 0.3 is 6.09 Å². The molecule has 168 valence electrons. The Bertz CT molecular complexity index is 731. The third-order valence-electron chi connectivity index (χ3n) is 5.47. The average molecular weight is 423 g/mol. The highest BCUT2D eigenvalue weighted by atomic mass is 16.6. The van der Waals surface area contributed by atoms with E-state index in [4.69, 9.17) is 23.7 Å². The van der Waals surface area contributed by atoms with Crippen molar-refractivity contribution < 1.29 is 28.5 Å². The first kappa shape index (κ1) is 22.5. The molecule has 8 nitrogen and oxygen atoms in total. The summed E-state index contributed by atoms with van der Waals surface area (Å²) in [7, 11) is 4.81. The van der Waals surface area contributed by atoms with Gasteiger partial charge in [0, 0.05) is 19.1 Å². The van der Waals surface area contributed by atoms with Crippen LogP contribution in [-0.4, -0.2) is 70.3 Å². The molecule has 1 atom stereocenters. The van der Waals surface area contributed by atoms with Crippen LogP contribution in [0.5, 0.6) is 17.2 Å². The molecule has 0 bridgehead atoms. The first-order valence-corrected chi connectivity index (χ1v) is 10.3. The van der Waals surface area contributed by atoms with Crippen molar-refractivity contribution in [1.82, 2.24) is 10.2 Å². The second kappa shape index (κ2) is 8.89. The third-order valence-corrected chi connectivity index (χ3v) is 5.47. The largest absolute Gasteiger partial charge is 0.493 e. The molecule has 0 aromatic heterocycles. The number of carbonyl (C=O) groups is 1. The molecular formula is C22H34N2O6. The predicted molar refractivity (Wildman–Crippen MR) is 113 cm³/mol. The lowest BCUT2D eigenvalue weighted by molar-refractivity contribution is -0.0875. The number of ether oxygens (including phenoxy) is 5. The molecule has 0 spiro atoms. The van der Waals surface area contributed by atoms with Gasteiger partial charge in [0.05, 0.1) is 40.1 Å². The quantitative estimate of drug-likeness (QED) is 0.755. The number of methoxy groups -OCH3 is 3. The van der Waals surface area contributed by atoms with Gasteiger partial charge in [-0.3, -0.25) is 5.32 Å². The van der Waals surface area contributed by atoms with Crippen molar-refractivity contribution in [3.05, 3.63) is 17.7 Å². The molecule has 30 heavy (non-hydrogen) atoms. The van der Waals surface area contributed by atoms with E-state index in [1.165, 1.54) is 0 Å². The number of benzene rings is 1. The molecular weight excluding hydrogens is 388 g/mol. The standard InChI is InChI=1S/C22H34N2O6/c1-21(2,3)30-20(25)24-9-7-8-16(12-24)23-22(13-29-14-22)15-10-17(26-4)19(28-6)18(11-15)27-5/h10-11,16,23H,7-9,12-14H2,1-6H3. The molecule has 2 fully saturated rings. The lowest BCUT2D eigenvalue weighted by Crippen LogP contribution is -2.63. The average Bonchev–Trinajstić information content (AvgIpc) is 2.68. The Hall–Kier alpha value is -2.19. The summed E-state index contributed by atoms with van der Waals surface area (Å²) < 4.78 is 27.6. The lowest BCUT2D eigenvalue weighted by atomic mass is 9.85. The van der Waals surface area contributed by atoms with Crippen LogP contribution in [0, 0.1) is 0 Å². The Morgan fingerprint density at radius 3 is 2.23 bits per heavy atom. The maximum absolute atomic E-state index is 12.5. The second-order valence-electron chi connectivity index (χ2n) is 8.90. The molecule has 2 saturated heterocycles. The van der Waals surface area contributed by atoms with Crippen LogP contribution in [0.4, 0.5) is 4.79 Å². The molecule has 1 N–H and O–H groups in total. The fourth-order valence-electron chi connectivity index (χ4n) is 3.97. The van der Waals surface area contributed by atoms with Crippen molar-refractivity contribution in [2.24, 2.45) is 0 Å². The number of nitrogens with one attached hydrogen (secondary N) is 1. The number of hydrogen-bond acceptors (Lipinski definition) is 7. The van der Waals surface area contributed by atoms with E-state index < -0.39 is 5.60 Å². The van der Waals surface area contributed by atoms with E-state index in [-0.39, 0.29) is 17.7 Å². The summed E-state index contributed by atoms with van der Waals surface area (Å²) in [6.45, 7) is 8.03. The Balaban J connectivity index is 1.78. The van der Waals surface area contributed by atoms with Crippen LogP contribution in [0.15, 0.2) is 12.1 Å². The van der Waals surface area contributed by atoms with Crippen LogP contribution in [0.3, 0.4) is 0 Å². The van der Waals surface area contributed by atoms with Gasteiger partial charge in [-0.25, -0.2) is 4.79 Å². The van der Waals surface area contributed by atoms with Crippen LogP contribution < -0.4 is 19.5 Å². The number of likely N-dealkylation sites (tertiary alicyclic amines) is 1. The van der Waals surface area contributed by atoms with Gasteiger partial charge in [0.25, 0.3) is 0 Å². The maximum atomic E-state index is 12.5. The normalized spacial score (nSPS) is 20.9. The van der Waals surface area contributed by atoms with E-state index in [1.54, 1.807) is 26.2 Å². The Morgan fingerprint density at radius 2 is 1.77 bits per heavy atom. The highest BCUT2D eigenvalue weighted by molar-refractivity contribution is 5.68. The number of carbonyl (C=O) groups excluding carboxylic acids is 1. The van der Waals surface area contributed by atoms with Crippen molar-refractivity contribution >= 4 is 6.09 Å². The van der Waals surface area contributed by atoms with Gasteiger partial charge in [0.15, 0.2) is 11.5 Å².